The molecule has 0 aliphatic rings. The van der Waals surface area contributed by atoms with Crippen molar-refractivity contribution in [3.63, 3.8) is 0 Å². The van der Waals surface area contributed by atoms with E-state index in [4.69, 9.17) is 0 Å². The van der Waals surface area contributed by atoms with E-state index in [0.717, 1.165) is 10.0 Å². The Morgan fingerprint density at radius 2 is 2.21 bits per heavy atom. The molecular weight excluding hydrogens is 330 g/mol. The summed E-state index contributed by atoms with van der Waals surface area (Å²) >= 11 is 3.35. The molecular formula is C12H14BrN3O2S. The fourth-order valence-electron chi connectivity index (χ4n) is 1.60. The number of aromatic nitrogens is 2. The van der Waals surface area contributed by atoms with Crippen molar-refractivity contribution in [2.24, 2.45) is 0 Å². The second-order valence-electron chi connectivity index (χ2n) is 4.11. The van der Waals surface area contributed by atoms with E-state index in [1.54, 1.807) is 36.9 Å². The molecule has 1 heterocycles. The highest BCUT2D eigenvalue weighted by Gasteiger charge is 2.13. The fraction of sp³-hybridized carbons (Fsp3) is 0.250. The van der Waals surface area contributed by atoms with Crippen LogP contribution in [0.15, 0.2) is 46.3 Å². The van der Waals surface area contributed by atoms with Crippen LogP contribution in [0.1, 0.15) is 5.56 Å². The summed E-state index contributed by atoms with van der Waals surface area (Å²) in [6.45, 7) is 2.73. The lowest BCUT2D eigenvalue weighted by Gasteiger charge is -2.08. The zero-order valence-corrected chi connectivity index (χ0v) is 12.8. The number of nitrogens with one attached hydrogen (secondary N) is 1. The maximum Gasteiger partial charge on any atom is 0.240 e. The Bertz CT molecular complexity index is 654. The third kappa shape index (κ3) is 3.65. The van der Waals surface area contributed by atoms with Gasteiger partial charge in [-0.2, -0.15) is 0 Å². The summed E-state index contributed by atoms with van der Waals surface area (Å²) in [6, 6.07) is 4.96. The number of sulfonamides is 1. The van der Waals surface area contributed by atoms with Crippen molar-refractivity contribution in [2.45, 2.75) is 18.4 Å². The minimum Gasteiger partial charge on any atom is -0.336 e. The Labute approximate surface area is 120 Å². The summed E-state index contributed by atoms with van der Waals surface area (Å²) in [7, 11) is -3.46. The third-order valence-electron chi connectivity index (χ3n) is 2.66. The molecule has 5 nitrogen and oxygen atoms in total. The van der Waals surface area contributed by atoms with Gasteiger partial charge < -0.3 is 4.57 Å². The van der Waals surface area contributed by atoms with Gasteiger partial charge >= 0.3 is 0 Å². The van der Waals surface area contributed by atoms with E-state index in [1.165, 1.54) is 0 Å². The van der Waals surface area contributed by atoms with Gasteiger partial charge in [-0.05, 0) is 30.7 Å². The molecule has 1 aromatic heterocycles. The smallest absolute Gasteiger partial charge is 0.240 e. The van der Waals surface area contributed by atoms with E-state index in [2.05, 4.69) is 25.6 Å². The molecule has 0 amide bonds. The van der Waals surface area contributed by atoms with E-state index >= 15 is 0 Å². The summed E-state index contributed by atoms with van der Waals surface area (Å²) in [5.74, 6) is 0. The van der Waals surface area contributed by atoms with E-state index in [0.29, 0.717) is 13.1 Å². The Balaban J connectivity index is 2.03. The molecule has 102 valence electrons. The Morgan fingerprint density at radius 3 is 2.84 bits per heavy atom. The van der Waals surface area contributed by atoms with Gasteiger partial charge in [0.05, 0.1) is 11.2 Å². The summed E-state index contributed by atoms with van der Waals surface area (Å²) in [6.07, 6.45) is 5.10. The molecule has 0 aliphatic heterocycles. The lowest BCUT2D eigenvalue weighted by molar-refractivity contribution is 0.572. The van der Waals surface area contributed by atoms with Gasteiger partial charge in [0.2, 0.25) is 10.0 Å². The van der Waals surface area contributed by atoms with Crippen molar-refractivity contribution in [1.29, 1.82) is 0 Å². The van der Waals surface area contributed by atoms with Crippen molar-refractivity contribution >= 4 is 26.0 Å². The molecule has 1 aromatic carbocycles. The minimum atomic E-state index is -3.46. The Morgan fingerprint density at radius 1 is 1.42 bits per heavy atom. The zero-order valence-electron chi connectivity index (χ0n) is 10.4. The fourth-order valence-corrected chi connectivity index (χ4v) is 2.95. The lowest BCUT2D eigenvalue weighted by Crippen LogP contribution is -2.27. The molecule has 19 heavy (non-hydrogen) atoms. The molecule has 1 N–H and O–H groups in total. The summed E-state index contributed by atoms with van der Waals surface area (Å²) < 4.78 is 29.4. The molecule has 0 radical (unpaired) electrons. The molecule has 0 bridgehead atoms. The first-order chi connectivity index (χ1) is 8.99. The maximum absolute atomic E-state index is 12.1. The Hall–Kier alpha value is -1.18. The highest BCUT2D eigenvalue weighted by Crippen LogP contribution is 2.19. The van der Waals surface area contributed by atoms with E-state index < -0.39 is 10.0 Å². The molecule has 0 atom stereocenters. The van der Waals surface area contributed by atoms with Crippen LogP contribution in [0.3, 0.4) is 0 Å². The van der Waals surface area contributed by atoms with Gasteiger partial charge in [-0.1, -0.05) is 15.9 Å². The van der Waals surface area contributed by atoms with Crippen LogP contribution in [-0.2, 0) is 16.6 Å². The lowest BCUT2D eigenvalue weighted by atomic mass is 10.2. The van der Waals surface area contributed by atoms with Crippen molar-refractivity contribution in [3.05, 3.63) is 47.0 Å². The maximum atomic E-state index is 12.1. The van der Waals surface area contributed by atoms with Crippen LogP contribution in [-0.4, -0.2) is 24.5 Å². The SMILES string of the molecule is Cc1cc(S(=O)(=O)NCCn2ccnc2)ccc1Br. The summed E-state index contributed by atoms with van der Waals surface area (Å²) in [5, 5.41) is 0. The predicted octanol–water partition coefficient (Wildman–Crippen LogP) is 1.93. The monoisotopic (exact) mass is 343 g/mol. The number of hydrogen-bond donors (Lipinski definition) is 1. The van der Waals surface area contributed by atoms with Gasteiger partial charge in [0, 0.05) is 30.0 Å². The normalized spacial score (nSPS) is 11.7. The number of benzene rings is 1. The van der Waals surface area contributed by atoms with Gasteiger partial charge in [-0.3, -0.25) is 0 Å². The van der Waals surface area contributed by atoms with Crippen molar-refractivity contribution in [3.8, 4) is 0 Å². The number of imidazole rings is 1. The topological polar surface area (TPSA) is 64.0 Å². The predicted molar refractivity (Wildman–Crippen MR) is 76.3 cm³/mol. The van der Waals surface area contributed by atoms with Crippen LogP contribution in [0.5, 0.6) is 0 Å². The average Bonchev–Trinajstić information content (AvgIpc) is 2.85. The largest absolute Gasteiger partial charge is 0.336 e. The number of nitrogens with zero attached hydrogens (tertiary/aromatic N) is 2. The zero-order chi connectivity index (χ0) is 13.9. The summed E-state index contributed by atoms with van der Waals surface area (Å²) in [5.41, 5.74) is 0.887. The van der Waals surface area contributed by atoms with Crippen LogP contribution < -0.4 is 4.72 Å². The van der Waals surface area contributed by atoms with Crippen molar-refractivity contribution in [1.82, 2.24) is 14.3 Å². The van der Waals surface area contributed by atoms with Gasteiger partial charge in [-0.25, -0.2) is 18.1 Å². The first-order valence-corrected chi connectivity index (χ1v) is 7.98. The van der Waals surface area contributed by atoms with Gasteiger partial charge in [0.25, 0.3) is 0 Å². The van der Waals surface area contributed by atoms with Crippen LogP contribution in [0.2, 0.25) is 0 Å². The van der Waals surface area contributed by atoms with Gasteiger partial charge in [0.15, 0.2) is 0 Å². The van der Waals surface area contributed by atoms with Crippen LogP contribution in [0.25, 0.3) is 0 Å². The molecule has 2 aromatic rings. The molecule has 7 heteroatoms. The average molecular weight is 344 g/mol. The van der Waals surface area contributed by atoms with E-state index in [1.807, 2.05) is 11.5 Å². The van der Waals surface area contributed by atoms with Crippen LogP contribution in [0, 0.1) is 6.92 Å². The van der Waals surface area contributed by atoms with Gasteiger partial charge in [0.1, 0.15) is 0 Å². The highest BCUT2D eigenvalue weighted by atomic mass is 79.9. The molecule has 0 unspecified atom stereocenters. The van der Waals surface area contributed by atoms with E-state index in [-0.39, 0.29) is 4.90 Å². The summed E-state index contributed by atoms with van der Waals surface area (Å²) in [4.78, 5) is 4.17. The molecule has 0 spiro atoms. The van der Waals surface area contributed by atoms with Gasteiger partial charge in [-0.15, -0.1) is 0 Å². The van der Waals surface area contributed by atoms with E-state index in [9.17, 15) is 8.42 Å². The molecule has 0 saturated carbocycles. The Kier molecular flexibility index (Phi) is 4.38. The molecule has 2 rings (SSSR count). The third-order valence-corrected chi connectivity index (χ3v) is 5.01. The number of hydrogen-bond acceptors (Lipinski definition) is 3. The number of rotatable bonds is 5. The molecule has 0 saturated heterocycles. The minimum absolute atomic E-state index is 0.277. The number of halogens is 1. The first-order valence-electron chi connectivity index (χ1n) is 5.70. The standard InChI is InChI=1S/C12H14BrN3O2S/c1-10-8-11(2-3-12(10)13)19(17,18)15-5-7-16-6-4-14-9-16/h2-4,6,8-9,15H,5,7H2,1H3. The van der Waals surface area contributed by atoms with Crippen molar-refractivity contribution in [2.75, 3.05) is 6.54 Å². The van der Waals surface area contributed by atoms with Crippen LogP contribution in [0.4, 0.5) is 0 Å². The second-order valence-corrected chi connectivity index (χ2v) is 6.73. The quantitative estimate of drug-likeness (QED) is 0.902. The highest BCUT2D eigenvalue weighted by molar-refractivity contribution is 9.10. The number of aryl methyl sites for hydroxylation is 1. The second kappa shape index (κ2) is 5.85. The first kappa shape index (κ1) is 14.2. The van der Waals surface area contributed by atoms with Crippen molar-refractivity contribution < 1.29 is 8.42 Å². The van der Waals surface area contributed by atoms with Crippen LogP contribution >= 0.6 is 15.9 Å². The molecule has 0 aliphatic carbocycles. The molecule has 0 fully saturated rings.